The predicted octanol–water partition coefficient (Wildman–Crippen LogP) is 6.19. The van der Waals surface area contributed by atoms with Crippen molar-refractivity contribution in [3.8, 4) is 17.6 Å². The van der Waals surface area contributed by atoms with Crippen LogP contribution in [0.5, 0.6) is 11.5 Å². The number of carbonyl (C=O) groups is 2. The lowest BCUT2D eigenvalue weighted by Crippen LogP contribution is -2.24. The normalized spacial score (nSPS) is 19.8. The Bertz CT molecular complexity index is 1180. The number of esters is 2. The zero-order valence-electron chi connectivity index (χ0n) is 20.2. The molecule has 1 aliphatic carbocycles. The first-order chi connectivity index (χ1) is 16.3. The highest BCUT2D eigenvalue weighted by Gasteiger charge is 2.62. The molecule has 0 bridgehead atoms. The van der Waals surface area contributed by atoms with Gasteiger partial charge in [0.2, 0.25) is 11.9 Å². The summed E-state index contributed by atoms with van der Waals surface area (Å²) in [6, 6.07) is 14.2. The molecule has 2 aromatic carbocycles. The Kier molecular flexibility index (Phi) is 7.30. The molecule has 1 fully saturated rings. The lowest BCUT2D eigenvalue weighted by Gasteiger charge is -2.18. The highest BCUT2D eigenvalue weighted by atomic mass is 19.1. The van der Waals surface area contributed by atoms with E-state index in [0.717, 1.165) is 12.1 Å². The summed E-state index contributed by atoms with van der Waals surface area (Å²) in [5.74, 6) is -4.70. The van der Waals surface area contributed by atoms with E-state index in [0.29, 0.717) is 5.75 Å². The summed E-state index contributed by atoms with van der Waals surface area (Å²) in [4.78, 5) is 24.8. The minimum Gasteiger partial charge on any atom is -0.455 e. The summed E-state index contributed by atoms with van der Waals surface area (Å²) >= 11 is 0. The van der Waals surface area contributed by atoms with E-state index in [4.69, 9.17) is 14.2 Å². The van der Waals surface area contributed by atoms with Crippen LogP contribution in [0.2, 0.25) is 0 Å². The number of carbonyl (C=O) groups excluding carboxylic acids is 2. The minimum absolute atomic E-state index is 0.128. The molecular weight excluding hydrogens is 456 g/mol. The number of hydrogen-bond acceptors (Lipinski definition) is 6. The molecule has 0 saturated heterocycles. The van der Waals surface area contributed by atoms with Crippen LogP contribution in [0.25, 0.3) is 0 Å². The molecule has 8 heteroatoms. The van der Waals surface area contributed by atoms with Crippen LogP contribution in [0.1, 0.15) is 46.3 Å². The van der Waals surface area contributed by atoms with Gasteiger partial charge in [0.05, 0.1) is 5.92 Å². The van der Waals surface area contributed by atoms with Gasteiger partial charge in [-0.2, -0.15) is 9.65 Å². The first kappa shape index (κ1) is 25.9. The van der Waals surface area contributed by atoms with Crippen LogP contribution < -0.4 is 4.74 Å². The number of ether oxygens (including phenoxy) is 3. The molecule has 0 unspecified atom stereocenters. The maximum absolute atomic E-state index is 14.4. The van der Waals surface area contributed by atoms with Crippen LogP contribution in [-0.4, -0.2) is 17.5 Å². The summed E-state index contributed by atoms with van der Waals surface area (Å²) in [6.07, 6.45) is -0.275. The van der Waals surface area contributed by atoms with E-state index in [9.17, 15) is 23.6 Å². The fourth-order valence-electron chi connectivity index (χ4n) is 3.73. The summed E-state index contributed by atoms with van der Waals surface area (Å²) in [7, 11) is 0. The van der Waals surface area contributed by atoms with E-state index in [1.807, 2.05) is 6.07 Å². The molecule has 0 spiro atoms. The Morgan fingerprint density at radius 2 is 1.80 bits per heavy atom. The summed E-state index contributed by atoms with van der Waals surface area (Å²) in [5, 5.41) is 9.61. The third-order valence-electron chi connectivity index (χ3n) is 5.66. The number of halogens is 2. The average molecular weight is 484 g/mol. The van der Waals surface area contributed by atoms with Gasteiger partial charge < -0.3 is 14.2 Å². The van der Waals surface area contributed by atoms with Gasteiger partial charge >= 0.3 is 11.9 Å². The lowest BCUT2D eigenvalue weighted by atomic mass is 10.1. The molecule has 184 valence electrons. The molecule has 1 aliphatic rings. The molecular formula is C27H27F2NO5. The Balaban J connectivity index is 1.73. The second-order valence-corrected chi connectivity index (χ2v) is 9.89. The van der Waals surface area contributed by atoms with Gasteiger partial charge in [-0.05, 0) is 62.4 Å². The van der Waals surface area contributed by atoms with Crippen molar-refractivity contribution < 1.29 is 32.6 Å². The Morgan fingerprint density at radius 3 is 2.40 bits per heavy atom. The predicted molar refractivity (Wildman–Crippen MR) is 123 cm³/mol. The smallest absolute Gasteiger partial charge is 0.367 e. The van der Waals surface area contributed by atoms with Crippen LogP contribution in [0.15, 0.2) is 60.4 Å². The molecule has 0 radical (unpaired) electrons. The van der Waals surface area contributed by atoms with Crippen LogP contribution in [-0.2, 0) is 19.1 Å². The molecule has 3 rings (SSSR count). The summed E-state index contributed by atoms with van der Waals surface area (Å²) < 4.78 is 44.6. The largest absolute Gasteiger partial charge is 0.455 e. The van der Waals surface area contributed by atoms with E-state index < -0.39 is 52.5 Å². The lowest BCUT2D eigenvalue weighted by molar-refractivity contribution is -0.152. The van der Waals surface area contributed by atoms with E-state index in [2.05, 4.69) is 0 Å². The second-order valence-electron chi connectivity index (χ2n) is 9.89. The van der Waals surface area contributed by atoms with E-state index >= 15 is 0 Å². The monoisotopic (exact) mass is 483 g/mol. The van der Waals surface area contributed by atoms with Crippen molar-refractivity contribution in [3.05, 3.63) is 71.8 Å². The highest BCUT2D eigenvalue weighted by Crippen LogP contribution is 2.60. The first-order valence-electron chi connectivity index (χ1n) is 11.1. The van der Waals surface area contributed by atoms with Crippen molar-refractivity contribution in [1.29, 1.82) is 5.26 Å². The zero-order chi connectivity index (χ0) is 26.0. The molecule has 2 aromatic rings. The van der Waals surface area contributed by atoms with Crippen LogP contribution in [0.4, 0.5) is 8.78 Å². The van der Waals surface area contributed by atoms with Gasteiger partial charge in [-0.1, -0.05) is 38.1 Å². The Hall–Kier alpha value is -3.73. The van der Waals surface area contributed by atoms with Crippen molar-refractivity contribution >= 4 is 11.9 Å². The summed E-state index contributed by atoms with van der Waals surface area (Å²) in [5.41, 5.74) is -1.34. The second kappa shape index (κ2) is 9.87. The maximum Gasteiger partial charge on any atom is 0.367 e. The molecule has 6 nitrogen and oxygen atoms in total. The molecule has 0 aromatic heterocycles. The van der Waals surface area contributed by atoms with E-state index in [-0.39, 0.29) is 11.3 Å². The molecule has 0 N–H and O–H groups in total. The van der Waals surface area contributed by atoms with E-state index in [1.54, 1.807) is 65.0 Å². The number of nitriles is 1. The number of rotatable bonds is 7. The van der Waals surface area contributed by atoms with E-state index in [1.165, 1.54) is 12.1 Å². The minimum atomic E-state index is -1.34. The standard InChI is InChI=1S/C27H27F2NO5/c1-26(2,3)35-24(31)20(29)14-18-23(27(18,4)5)25(32)34-22(15-30)16-11-12-19(28)21(13-16)33-17-9-7-6-8-10-17/h6-14,18,22-23H,1-5H3/b20-14+/t18-,22+,23-/m0/s1. The molecule has 0 heterocycles. The molecule has 0 aliphatic heterocycles. The number of benzene rings is 2. The third-order valence-corrected chi connectivity index (χ3v) is 5.66. The Labute approximate surface area is 203 Å². The third kappa shape index (κ3) is 6.24. The van der Waals surface area contributed by atoms with Crippen LogP contribution in [0, 0.1) is 34.4 Å². The van der Waals surface area contributed by atoms with Gasteiger partial charge in [-0.25, -0.2) is 9.18 Å². The number of allylic oxidation sites excluding steroid dienone is 1. The van der Waals surface area contributed by atoms with Crippen molar-refractivity contribution in [3.63, 3.8) is 0 Å². The molecule has 3 atom stereocenters. The van der Waals surface area contributed by atoms with Gasteiger partial charge in [0.1, 0.15) is 17.4 Å². The van der Waals surface area contributed by atoms with Crippen molar-refractivity contribution in [2.45, 2.75) is 46.3 Å². The van der Waals surface area contributed by atoms with Gasteiger partial charge in [0.15, 0.2) is 11.6 Å². The van der Waals surface area contributed by atoms with Gasteiger partial charge in [0, 0.05) is 5.56 Å². The summed E-state index contributed by atoms with van der Waals surface area (Å²) in [6.45, 7) is 8.31. The fourth-order valence-corrected chi connectivity index (χ4v) is 3.73. The van der Waals surface area contributed by atoms with Crippen LogP contribution in [0.3, 0.4) is 0 Å². The van der Waals surface area contributed by atoms with Crippen molar-refractivity contribution in [1.82, 2.24) is 0 Å². The molecule has 1 saturated carbocycles. The first-order valence-corrected chi connectivity index (χ1v) is 11.1. The number of para-hydroxylation sites is 1. The zero-order valence-corrected chi connectivity index (χ0v) is 20.2. The van der Waals surface area contributed by atoms with Gasteiger partial charge in [-0.3, -0.25) is 4.79 Å². The SMILES string of the molecule is CC(C)(C)OC(=O)/C(F)=C\[C@H]1[C@@H](C(=O)O[C@H](C#N)c2ccc(F)c(Oc3ccccc3)c2)C1(C)C. The number of nitrogens with zero attached hydrogens (tertiary/aromatic N) is 1. The number of hydrogen-bond donors (Lipinski definition) is 0. The highest BCUT2D eigenvalue weighted by molar-refractivity contribution is 5.87. The Morgan fingerprint density at radius 1 is 1.14 bits per heavy atom. The molecule has 35 heavy (non-hydrogen) atoms. The molecule has 0 amide bonds. The van der Waals surface area contributed by atoms with Crippen molar-refractivity contribution in [2.24, 2.45) is 17.3 Å². The van der Waals surface area contributed by atoms with Gasteiger partial charge in [-0.15, -0.1) is 0 Å². The van der Waals surface area contributed by atoms with Gasteiger partial charge in [0.25, 0.3) is 0 Å². The topological polar surface area (TPSA) is 85.6 Å². The van der Waals surface area contributed by atoms with Crippen molar-refractivity contribution in [2.75, 3.05) is 0 Å². The average Bonchev–Trinajstić information content (AvgIpc) is 3.32. The quantitative estimate of drug-likeness (QED) is 0.345. The maximum atomic E-state index is 14.4. The van der Waals surface area contributed by atoms with Crippen LogP contribution >= 0.6 is 0 Å². The fraction of sp³-hybridized carbons (Fsp3) is 0.370.